The molecule has 0 saturated carbocycles. The largest absolute Gasteiger partial charge is 0.243 e. The molecule has 0 heterocycles. The average molecular weight is 311 g/mol. The fraction of sp³-hybridized carbons (Fsp3) is 0.143. The van der Waals surface area contributed by atoms with Crippen molar-refractivity contribution in [1.29, 1.82) is 0 Å². The van der Waals surface area contributed by atoms with E-state index in [1.807, 2.05) is 30.3 Å². The van der Waals surface area contributed by atoms with E-state index in [0.29, 0.717) is 5.75 Å². The Kier molecular flexibility index (Phi) is 5.17. The summed E-state index contributed by atoms with van der Waals surface area (Å²) in [5.41, 5.74) is 0. The Morgan fingerprint density at radius 3 is 2.35 bits per heavy atom. The van der Waals surface area contributed by atoms with Gasteiger partial charge in [-0.2, -0.15) is 0 Å². The van der Waals surface area contributed by atoms with Gasteiger partial charge in [0.05, 0.1) is 0 Å². The molecule has 0 amide bonds. The highest BCUT2D eigenvalue weighted by Crippen LogP contribution is 2.17. The lowest BCUT2D eigenvalue weighted by atomic mass is 10.4. The first-order valence-corrected chi connectivity index (χ1v) is 8.48. The summed E-state index contributed by atoms with van der Waals surface area (Å²) in [5, 5.41) is 0. The van der Waals surface area contributed by atoms with Crippen LogP contribution in [0.1, 0.15) is 0 Å². The molecule has 0 aliphatic carbocycles. The zero-order chi connectivity index (χ0) is 14.4. The van der Waals surface area contributed by atoms with Crippen LogP contribution in [0.3, 0.4) is 0 Å². The first-order chi connectivity index (χ1) is 9.59. The zero-order valence-electron chi connectivity index (χ0n) is 10.6. The summed E-state index contributed by atoms with van der Waals surface area (Å²) >= 11 is 1.54. The number of benzene rings is 2. The second-order valence-electron chi connectivity index (χ2n) is 3.99. The summed E-state index contributed by atoms with van der Waals surface area (Å²) < 4.78 is 39.6. The summed E-state index contributed by atoms with van der Waals surface area (Å²) in [5.74, 6) is -0.159. The molecule has 0 radical (unpaired) electrons. The minimum Gasteiger partial charge on any atom is -0.210 e. The molecule has 0 unspecified atom stereocenters. The smallest absolute Gasteiger partial charge is 0.210 e. The fourth-order valence-corrected chi connectivity index (χ4v) is 3.63. The Hall–Kier alpha value is -1.37. The van der Waals surface area contributed by atoms with E-state index in [0.717, 1.165) is 11.0 Å². The van der Waals surface area contributed by atoms with Gasteiger partial charge < -0.3 is 0 Å². The predicted molar refractivity (Wildman–Crippen MR) is 78.8 cm³/mol. The van der Waals surface area contributed by atoms with Gasteiger partial charge in [-0.05, 0) is 24.3 Å². The molecule has 106 valence electrons. The molecule has 0 spiro atoms. The minimum absolute atomic E-state index is 0.246. The van der Waals surface area contributed by atoms with E-state index >= 15 is 0 Å². The third-order valence-electron chi connectivity index (χ3n) is 2.53. The fourth-order valence-electron chi connectivity index (χ4n) is 1.60. The molecule has 0 atom stereocenters. The molecule has 20 heavy (non-hydrogen) atoms. The highest BCUT2D eigenvalue weighted by Gasteiger charge is 2.17. The van der Waals surface area contributed by atoms with Crippen molar-refractivity contribution in [2.75, 3.05) is 12.3 Å². The second kappa shape index (κ2) is 6.88. The van der Waals surface area contributed by atoms with E-state index in [9.17, 15) is 12.8 Å². The number of halogens is 1. The van der Waals surface area contributed by atoms with Crippen LogP contribution in [0.5, 0.6) is 0 Å². The minimum atomic E-state index is -3.78. The number of nitrogens with one attached hydrogen (secondary N) is 1. The van der Waals surface area contributed by atoms with Gasteiger partial charge in [0.2, 0.25) is 10.0 Å². The molecule has 0 fully saturated rings. The summed E-state index contributed by atoms with van der Waals surface area (Å²) in [6.45, 7) is 0.246. The first-order valence-electron chi connectivity index (χ1n) is 6.01. The van der Waals surface area contributed by atoms with Crippen molar-refractivity contribution >= 4 is 21.8 Å². The Balaban J connectivity index is 1.89. The van der Waals surface area contributed by atoms with Gasteiger partial charge in [-0.1, -0.05) is 30.3 Å². The number of hydrogen-bond donors (Lipinski definition) is 1. The van der Waals surface area contributed by atoms with Gasteiger partial charge in [0.1, 0.15) is 10.7 Å². The van der Waals surface area contributed by atoms with Gasteiger partial charge in [0.25, 0.3) is 0 Å². The summed E-state index contributed by atoms with van der Waals surface area (Å²) in [6.07, 6.45) is 0. The normalized spacial score (nSPS) is 11.4. The van der Waals surface area contributed by atoms with E-state index in [1.165, 1.54) is 30.0 Å². The maximum atomic E-state index is 13.4. The molecule has 2 aromatic carbocycles. The van der Waals surface area contributed by atoms with Crippen molar-refractivity contribution in [2.24, 2.45) is 0 Å². The van der Waals surface area contributed by atoms with Crippen molar-refractivity contribution < 1.29 is 12.8 Å². The lowest BCUT2D eigenvalue weighted by molar-refractivity contribution is 0.559. The topological polar surface area (TPSA) is 46.2 Å². The molecule has 0 bridgehead atoms. The standard InChI is InChI=1S/C14H14FNO2S2/c15-13-8-4-5-9-14(13)20(17,18)16-10-11-19-12-6-2-1-3-7-12/h1-9,16H,10-11H2. The molecule has 0 aliphatic rings. The molecular weight excluding hydrogens is 297 g/mol. The monoisotopic (exact) mass is 311 g/mol. The van der Waals surface area contributed by atoms with Gasteiger partial charge in [-0.15, -0.1) is 11.8 Å². The van der Waals surface area contributed by atoms with Crippen molar-refractivity contribution in [2.45, 2.75) is 9.79 Å². The number of thioether (sulfide) groups is 1. The SMILES string of the molecule is O=S(=O)(NCCSc1ccccc1)c1ccccc1F. The summed E-state index contributed by atoms with van der Waals surface area (Å²) in [7, 11) is -3.78. The van der Waals surface area contributed by atoms with Crippen molar-refractivity contribution in [3.8, 4) is 0 Å². The van der Waals surface area contributed by atoms with E-state index in [4.69, 9.17) is 0 Å². The molecule has 1 N–H and O–H groups in total. The Morgan fingerprint density at radius 1 is 1.00 bits per heavy atom. The van der Waals surface area contributed by atoms with Gasteiger partial charge in [-0.25, -0.2) is 17.5 Å². The van der Waals surface area contributed by atoms with Crippen LogP contribution in [0, 0.1) is 5.82 Å². The maximum Gasteiger partial charge on any atom is 0.243 e. The van der Waals surface area contributed by atoms with Crippen LogP contribution in [0.4, 0.5) is 4.39 Å². The van der Waals surface area contributed by atoms with Crippen molar-refractivity contribution in [3.63, 3.8) is 0 Å². The zero-order valence-corrected chi connectivity index (χ0v) is 12.3. The lowest BCUT2D eigenvalue weighted by Crippen LogP contribution is -2.26. The highest BCUT2D eigenvalue weighted by atomic mass is 32.2. The average Bonchev–Trinajstić information content (AvgIpc) is 2.45. The van der Waals surface area contributed by atoms with Crippen LogP contribution in [0.25, 0.3) is 0 Å². The summed E-state index contributed by atoms with van der Waals surface area (Å²) in [6, 6.07) is 15.0. The summed E-state index contributed by atoms with van der Waals surface area (Å²) in [4.78, 5) is 0.752. The Labute approximate surface area is 122 Å². The van der Waals surface area contributed by atoms with Gasteiger partial charge in [0, 0.05) is 17.2 Å². The molecule has 0 saturated heterocycles. The van der Waals surface area contributed by atoms with E-state index in [2.05, 4.69) is 4.72 Å². The highest BCUT2D eigenvalue weighted by molar-refractivity contribution is 7.99. The second-order valence-corrected chi connectivity index (χ2v) is 6.89. The van der Waals surface area contributed by atoms with Gasteiger partial charge in [-0.3, -0.25) is 0 Å². The van der Waals surface area contributed by atoms with E-state index in [-0.39, 0.29) is 11.4 Å². The maximum absolute atomic E-state index is 13.4. The predicted octanol–water partition coefficient (Wildman–Crippen LogP) is 2.90. The molecule has 2 aromatic rings. The van der Waals surface area contributed by atoms with Crippen LogP contribution in [-0.2, 0) is 10.0 Å². The Bertz CT molecular complexity index is 660. The van der Waals surface area contributed by atoms with Crippen LogP contribution in [-0.4, -0.2) is 20.7 Å². The van der Waals surface area contributed by atoms with Crippen LogP contribution < -0.4 is 4.72 Å². The van der Waals surface area contributed by atoms with Gasteiger partial charge in [0.15, 0.2) is 0 Å². The Morgan fingerprint density at radius 2 is 1.65 bits per heavy atom. The van der Waals surface area contributed by atoms with E-state index < -0.39 is 15.8 Å². The molecular formula is C14H14FNO2S2. The third kappa shape index (κ3) is 4.06. The number of hydrogen-bond acceptors (Lipinski definition) is 3. The van der Waals surface area contributed by atoms with Crippen LogP contribution in [0.15, 0.2) is 64.4 Å². The quantitative estimate of drug-likeness (QED) is 0.659. The first kappa shape index (κ1) is 15.0. The van der Waals surface area contributed by atoms with Crippen LogP contribution >= 0.6 is 11.8 Å². The lowest BCUT2D eigenvalue weighted by Gasteiger charge is -2.07. The van der Waals surface area contributed by atoms with E-state index in [1.54, 1.807) is 0 Å². The van der Waals surface area contributed by atoms with Crippen LogP contribution in [0.2, 0.25) is 0 Å². The third-order valence-corrected chi connectivity index (χ3v) is 5.04. The molecule has 3 nitrogen and oxygen atoms in total. The molecule has 0 aliphatic heterocycles. The molecule has 2 rings (SSSR count). The number of rotatable bonds is 6. The molecule has 6 heteroatoms. The van der Waals surface area contributed by atoms with Crippen molar-refractivity contribution in [3.05, 3.63) is 60.4 Å². The van der Waals surface area contributed by atoms with Gasteiger partial charge >= 0.3 is 0 Å². The number of sulfonamides is 1. The molecule has 0 aromatic heterocycles. The van der Waals surface area contributed by atoms with Crippen molar-refractivity contribution in [1.82, 2.24) is 4.72 Å².